The van der Waals surface area contributed by atoms with Crippen LogP contribution >= 0.6 is 0 Å². The number of primary amides is 1. The molecule has 0 saturated heterocycles. The average molecular weight is 343 g/mol. The van der Waals surface area contributed by atoms with Crippen molar-refractivity contribution in [2.75, 3.05) is 10.6 Å². The van der Waals surface area contributed by atoms with Crippen molar-refractivity contribution in [2.24, 2.45) is 11.7 Å². The minimum atomic E-state index is -0.501. The first-order valence-electron chi connectivity index (χ1n) is 9.34. The molecule has 7 rings (SSSR count). The number of hydrogen-bond donors (Lipinski definition) is 4. The predicted molar refractivity (Wildman–Crippen MR) is 93.3 cm³/mol. The molecule has 0 aromatic carbocycles. The van der Waals surface area contributed by atoms with Crippen LogP contribution in [0.15, 0.2) is 6.20 Å². The minimum absolute atomic E-state index is 0.0354. The first-order chi connectivity index (χ1) is 11.9. The van der Waals surface area contributed by atoms with Crippen LogP contribution in [0.5, 0.6) is 0 Å². The third kappa shape index (κ3) is 2.39. The molecule has 4 bridgehead atoms. The first kappa shape index (κ1) is 15.4. The number of nitrogens with one attached hydrogen (secondary N) is 2. The normalized spacial score (nSPS) is 40.8. The average Bonchev–Trinajstić information content (AvgIpc) is 2.51. The van der Waals surface area contributed by atoms with Gasteiger partial charge in [-0.05, 0) is 63.7 Å². The summed E-state index contributed by atoms with van der Waals surface area (Å²) in [6.07, 6.45) is 10.3. The molecule has 6 saturated carbocycles. The summed E-state index contributed by atoms with van der Waals surface area (Å²) in [6, 6.07) is 0. The maximum atomic E-state index is 11.7. The van der Waals surface area contributed by atoms with E-state index < -0.39 is 11.5 Å². The van der Waals surface area contributed by atoms with Crippen molar-refractivity contribution < 1.29 is 9.90 Å². The van der Waals surface area contributed by atoms with Crippen molar-refractivity contribution >= 4 is 17.7 Å². The van der Waals surface area contributed by atoms with Gasteiger partial charge in [0.25, 0.3) is 5.91 Å². The number of anilines is 2. The number of hydrogen-bond acceptors (Lipinski definition) is 6. The highest BCUT2D eigenvalue weighted by atomic mass is 16.3. The Morgan fingerprint density at radius 3 is 2.24 bits per heavy atom. The van der Waals surface area contributed by atoms with Gasteiger partial charge in [0, 0.05) is 17.3 Å². The third-order valence-electron chi connectivity index (χ3n) is 7.06. The van der Waals surface area contributed by atoms with Gasteiger partial charge in [-0.15, -0.1) is 0 Å². The Morgan fingerprint density at radius 2 is 1.72 bits per heavy atom. The van der Waals surface area contributed by atoms with E-state index in [9.17, 15) is 9.90 Å². The van der Waals surface area contributed by atoms with Gasteiger partial charge < -0.3 is 21.5 Å². The van der Waals surface area contributed by atoms with Crippen molar-refractivity contribution in [3.05, 3.63) is 11.8 Å². The number of fused-ring (bicyclic) bond motifs is 3. The quantitative estimate of drug-likeness (QED) is 0.648. The molecule has 1 amide bonds. The molecule has 0 unspecified atom stereocenters. The predicted octanol–water partition coefficient (Wildman–Crippen LogP) is 1.79. The SMILES string of the molecule is NC(=O)c1cnc(NC23CCC(O)(CC2)CC3)nc1NC12CC(C1)C2. The lowest BCUT2D eigenvalue weighted by molar-refractivity contribution is -0.0581. The Morgan fingerprint density at radius 1 is 1.08 bits per heavy atom. The van der Waals surface area contributed by atoms with Crippen LogP contribution in [-0.2, 0) is 0 Å². The first-order valence-corrected chi connectivity index (χ1v) is 9.34. The molecule has 7 heteroatoms. The number of nitrogens with zero attached hydrogens (tertiary/aromatic N) is 2. The standard InChI is InChI=1S/C18H25N5O2/c19-13(24)12-10-20-15(21-14(12)22-17-7-11(8-17)9-17)23-16-1-4-18(25,5-2-16)6-3-16/h10-11,25H,1-9H2,(H2,19,24)(H2,20,21,22,23). The van der Waals surface area contributed by atoms with Gasteiger partial charge in [0.05, 0.1) is 11.2 Å². The Bertz CT molecular complexity index is 707. The Hall–Kier alpha value is -1.89. The molecule has 1 aromatic rings. The maximum Gasteiger partial charge on any atom is 0.254 e. The van der Waals surface area contributed by atoms with Crippen LogP contribution < -0.4 is 16.4 Å². The topological polar surface area (TPSA) is 113 Å². The van der Waals surface area contributed by atoms with Crippen molar-refractivity contribution in [3.8, 4) is 0 Å². The van der Waals surface area contributed by atoms with Crippen LogP contribution in [0.25, 0.3) is 0 Å². The highest BCUT2D eigenvalue weighted by molar-refractivity contribution is 5.97. The zero-order valence-corrected chi connectivity index (χ0v) is 14.3. The van der Waals surface area contributed by atoms with Crippen LogP contribution in [-0.4, -0.2) is 37.7 Å². The fraction of sp³-hybridized carbons (Fsp3) is 0.722. The lowest BCUT2D eigenvalue weighted by Gasteiger charge is -2.62. The summed E-state index contributed by atoms with van der Waals surface area (Å²) in [5.41, 5.74) is 5.48. The lowest BCUT2D eigenvalue weighted by atomic mass is 9.50. The van der Waals surface area contributed by atoms with E-state index in [-0.39, 0.29) is 11.1 Å². The number of aromatic nitrogens is 2. The molecule has 1 heterocycles. The molecule has 1 aromatic heterocycles. The molecular weight excluding hydrogens is 318 g/mol. The van der Waals surface area contributed by atoms with Crippen LogP contribution in [0.2, 0.25) is 0 Å². The third-order valence-corrected chi connectivity index (χ3v) is 7.06. The zero-order valence-electron chi connectivity index (χ0n) is 14.3. The number of rotatable bonds is 5. The number of carbonyl (C=O) groups is 1. The Kier molecular flexibility index (Phi) is 2.98. The monoisotopic (exact) mass is 343 g/mol. The lowest BCUT2D eigenvalue weighted by Crippen LogP contribution is -2.63. The molecule has 0 aliphatic heterocycles. The summed E-state index contributed by atoms with van der Waals surface area (Å²) < 4.78 is 0. The smallest absolute Gasteiger partial charge is 0.254 e. The van der Waals surface area contributed by atoms with Crippen LogP contribution in [0.1, 0.15) is 68.1 Å². The van der Waals surface area contributed by atoms with E-state index in [2.05, 4.69) is 20.6 Å². The van der Waals surface area contributed by atoms with E-state index in [1.807, 2.05) is 0 Å². The molecule has 6 aliphatic rings. The second-order valence-electron chi connectivity index (χ2n) is 8.83. The summed E-state index contributed by atoms with van der Waals surface area (Å²) >= 11 is 0. The highest BCUT2D eigenvalue weighted by Gasteiger charge is 2.57. The Balaban J connectivity index is 1.39. The van der Waals surface area contributed by atoms with Crippen LogP contribution in [0.3, 0.4) is 0 Å². The Labute approximate surface area is 146 Å². The highest BCUT2D eigenvalue weighted by Crippen LogP contribution is 2.58. The van der Waals surface area contributed by atoms with E-state index >= 15 is 0 Å². The van der Waals surface area contributed by atoms with Crippen molar-refractivity contribution in [1.29, 1.82) is 0 Å². The second-order valence-corrected chi connectivity index (χ2v) is 8.83. The number of nitrogens with two attached hydrogens (primary N) is 1. The van der Waals surface area contributed by atoms with Gasteiger partial charge >= 0.3 is 0 Å². The molecule has 6 aliphatic carbocycles. The van der Waals surface area contributed by atoms with Gasteiger partial charge in [-0.1, -0.05) is 0 Å². The molecule has 0 radical (unpaired) electrons. The van der Waals surface area contributed by atoms with Crippen LogP contribution in [0.4, 0.5) is 11.8 Å². The number of amides is 1. The van der Waals surface area contributed by atoms with Crippen molar-refractivity contribution in [1.82, 2.24) is 9.97 Å². The number of carbonyl (C=O) groups excluding carboxylic acids is 1. The van der Waals surface area contributed by atoms with Gasteiger partial charge in [-0.25, -0.2) is 4.98 Å². The largest absolute Gasteiger partial charge is 0.390 e. The van der Waals surface area contributed by atoms with E-state index in [1.54, 1.807) is 0 Å². The minimum Gasteiger partial charge on any atom is -0.390 e. The number of aliphatic hydroxyl groups is 1. The zero-order chi connectivity index (χ0) is 17.3. The van der Waals surface area contributed by atoms with E-state index in [0.29, 0.717) is 17.3 Å². The van der Waals surface area contributed by atoms with Crippen molar-refractivity contribution in [3.63, 3.8) is 0 Å². The molecule has 0 spiro atoms. The van der Waals surface area contributed by atoms with Gasteiger partial charge in [0.15, 0.2) is 0 Å². The second kappa shape index (κ2) is 4.84. The van der Waals surface area contributed by atoms with Gasteiger partial charge in [-0.3, -0.25) is 4.79 Å². The van der Waals surface area contributed by atoms with Gasteiger partial charge in [0.2, 0.25) is 5.95 Å². The van der Waals surface area contributed by atoms with Gasteiger partial charge in [0.1, 0.15) is 5.82 Å². The van der Waals surface area contributed by atoms with E-state index in [4.69, 9.17) is 5.73 Å². The van der Waals surface area contributed by atoms with Crippen LogP contribution in [0, 0.1) is 5.92 Å². The molecule has 5 N–H and O–H groups in total. The maximum absolute atomic E-state index is 11.7. The summed E-state index contributed by atoms with van der Waals surface area (Å²) in [6.45, 7) is 0. The summed E-state index contributed by atoms with van der Waals surface area (Å²) in [5, 5.41) is 17.4. The van der Waals surface area contributed by atoms with Crippen molar-refractivity contribution in [2.45, 2.75) is 74.5 Å². The van der Waals surface area contributed by atoms with E-state index in [1.165, 1.54) is 6.20 Å². The molecular formula is C18H25N5O2. The van der Waals surface area contributed by atoms with E-state index in [0.717, 1.165) is 63.7 Å². The molecule has 0 atom stereocenters. The van der Waals surface area contributed by atoms with Gasteiger partial charge in [-0.2, -0.15) is 4.98 Å². The summed E-state index contributed by atoms with van der Waals surface area (Å²) in [7, 11) is 0. The fourth-order valence-corrected chi connectivity index (χ4v) is 5.19. The molecule has 134 valence electrons. The molecule has 6 fully saturated rings. The summed E-state index contributed by atoms with van der Waals surface area (Å²) in [5.74, 6) is 1.44. The molecule has 7 nitrogen and oxygen atoms in total. The fourth-order valence-electron chi connectivity index (χ4n) is 5.19. The molecule has 25 heavy (non-hydrogen) atoms. The summed E-state index contributed by atoms with van der Waals surface area (Å²) in [4.78, 5) is 20.7.